The Balaban J connectivity index is 1.25. The molecular formula is C23H28N2O4. The fourth-order valence-electron chi connectivity index (χ4n) is 3.98. The van der Waals surface area contributed by atoms with Gasteiger partial charge in [0.05, 0.1) is 25.9 Å². The molecule has 2 atom stereocenters. The van der Waals surface area contributed by atoms with Crippen molar-refractivity contribution in [2.45, 2.75) is 25.2 Å². The topological polar surface area (TPSA) is 51.2 Å². The largest absolute Gasteiger partial charge is 0.497 e. The van der Waals surface area contributed by atoms with Crippen molar-refractivity contribution in [3.8, 4) is 5.75 Å². The van der Waals surface area contributed by atoms with Gasteiger partial charge in [-0.1, -0.05) is 42.5 Å². The van der Waals surface area contributed by atoms with E-state index in [0.717, 1.165) is 30.8 Å². The first kappa shape index (κ1) is 19.7. The van der Waals surface area contributed by atoms with E-state index in [0.29, 0.717) is 26.3 Å². The number of methoxy groups -OCH3 is 1. The molecule has 2 aliphatic rings. The van der Waals surface area contributed by atoms with Crippen LogP contribution in [-0.4, -0.2) is 67.9 Å². The fourth-order valence-corrected chi connectivity index (χ4v) is 3.98. The van der Waals surface area contributed by atoms with Crippen molar-refractivity contribution in [3.63, 3.8) is 0 Å². The van der Waals surface area contributed by atoms with Crippen LogP contribution in [0.3, 0.4) is 0 Å². The predicted molar refractivity (Wildman–Crippen MR) is 110 cm³/mol. The number of hydrogen-bond acceptors (Lipinski definition) is 5. The molecule has 1 amide bonds. The summed E-state index contributed by atoms with van der Waals surface area (Å²) in [7, 11) is 1.68. The normalized spacial score (nSPS) is 22.0. The van der Waals surface area contributed by atoms with E-state index < -0.39 is 0 Å². The van der Waals surface area contributed by atoms with Gasteiger partial charge >= 0.3 is 6.09 Å². The number of morpholine rings is 1. The van der Waals surface area contributed by atoms with Gasteiger partial charge in [-0.05, 0) is 29.7 Å². The lowest BCUT2D eigenvalue weighted by molar-refractivity contribution is -0.0855. The van der Waals surface area contributed by atoms with E-state index >= 15 is 0 Å². The molecule has 0 spiro atoms. The second kappa shape index (κ2) is 9.29. The van der Waals surface area contributed by atoms with Crippen LogP contribution in [0, 0.1) is 0 Å². The molecule has 6 heteroatoms. The van der Waals surface area contributed by atoms with Crippen LogP contribution in [0.15, 0.2) is 54.6 Å². The summed E-state index contributed by atoms with van der Waals surface area (Å²) in [6, 6.07) is 18.2. The van der Waals surface area contributed by atoms with Crippen LogP contribution in [-0.2, 0) is 22.5 Å². The smallest absolute Gasteiger partial charge is 0.410 e. The highest BCUT2D eigenvalue weighted by Crippen LogP contribution is 2.21. The van der Waals surface area contributed by atoms with Crippen LogP contribution < -0.4 is 4.74 Å². The van der Waals surface area contributed by atoms with Crippen molar-refractivity contribution in [1.29, 1.82) is 0 Å². The van der Waals surface area contributed by atoms with E-state index in [1.54, 1.807) is 12.0 Å². The summed E-state index contributed by atoms with van der Waals surface area (Å²) >= 11 is 0. The molecule has 2 aromatic carbocycles. The van der Waals surface area contributed by atoms with Crippen LogP contribution in [0.5, 0.6) is 5.75 Å². The molecule has 2 aliphatic heterocycles. The van der Waals surface area contributed by atoms with Crippen molar-refractivity contribution in [1.82, 2.24) is 9.80 Å². The van der Waals surface area contributed by atoms with E-state index in [2.05, 4.69) is 17.0 Å². The first-order chi connectivity index (χ1) is 14.2. The van der Waals surface area contributed by atoms with Gasteiger partial charge in [0.2, 0.25) is 0 Å². The van der Waals surface area contributed by atoms with Gasteiger partial charge in [0.25, 0.3) is 0 Å². The third-order valence-corrected chi connectivity index (χ3v) is 5.65. The Kier molecular flexibility index (Phi) is 6.32. The molecule has 2 fully saturated rings. The number of piperazine rings is 1. The summed E-state index contributed by atoms with van der Waals surface area (Å²) in [5.41, 5.74) is 2.25. The van der Waals surface area contributed by atoms with Crippen LogP contribution in [0.25, 0.3) is 0 Å². The SMILES string of the molecule is COc1ccc(CC2CN3CCN(C(=O)OCc4ccccc4)CC3CO2)cc1. The highest BCUT2D eigenvalue weighted by Gasteiger charge is 2.35. The zero-order valence-electron chi connectivity index (χ0n) is 16.8. The first-order valence-corrected chi connectivity index (χ1v) is 10.2. The number of nitrogens with zero attached hydrogens (tertiary/aromatic N) is 2. The standard InChI is InChI=1S/C23H28N2O4/c1-27-21-9-7-18(8-10-21)13-22-15-24-11-12-25(14-20(24)17-28-22)23(26)29-16-19-5-3-2-4-6-19/h2-10,20,22H,11-17H2,1H3. The van der Waals surface area contributed by atoms with Gasteiger partial charge in [-0.2, -0.15) is 0 Å². The maximum atomic E-state index is 12.4. The van der Waals surface area contributed by atoms with Crippen molar-refractivity contribution < 1.29 is 19.0 Å². The van der Waals surface area contributed by atoms with E-state index in [9.17, 15) is 4.79 Å². The molecule has 0 radical (unpaired) electrons. The first-order valence-electron chi connectivity index (χ1n) is 10.2. The second-order valence-corrected chi connectivity index (χ2v) is 7.64. The highest BCUT2D eigenvalue weighted by atomic mass is 16.6. The van der Waals surface area contributed by atoms with Crippen molar-refractivity contribution >= 4 is 6.09 Å². The van der Waals surface area contributed by atoms with Gasteiger partial charge in [0.1, 0.15) is 12.4 Å². The van der Waals surface area contributed by atoms with Crippen LogP contribution in [0.4, 0.5) is 4.79 Å². The van der Waals surface area contributed by atoms with E-state index in [4.69, 9.17) is 14.2 Å². The van der Waals surface area contributed by atoms with Gasteiger partial charge in [0.15, 0.2) is 0 Å². The molecule has 2 unspecified atom stereocenters. The minimum atomic E-state index is -0.242. The number of hydrogen-bond donors (Lipinski definition) is 0. The summed E-state index contributed by atoms with van der Waals surface area (Å²) in [4.78, 5) is 16.7. The zero-order valence-corrected chi connectivity index (χ0v) is 16.8. The Labute approximate surface area is 172 Å². The lowest BCUT2D eigenvalue weighted by atomic mass is 10.0. The molecule has 0 bridgehead atoms. The number of carbonyl (C=O) groups excluding carboxylic acids is 1. The Morgan fingerprint density at radius 3 is 2.59 bits per heavy atom. The second-order valence-electron chi connectivity index (χ2n) is 7.64. The third-order valence-electron chi connectivity index (χ3n) is 5.65. The number of fused-ring (bicyclic) bond motifs is 1. The Morgan fingerprint density at radius 2 is 1.83 bits per heavy atom. The maximum absolute atomic E-state index is 12.4. The highest BCUT2D eigenvalue weighted by molar-refractivity contribution is 5.67. The van der Waals surface area contributed by atoms with Gasteiger partial charge < -0.3 is 19.1 Å². The van der Waals surface area contributed by atoms with Crippen molar-refractivity contribution in [2.75, 3.05) is 39.9 Å². The molecule has 0 N–H and O–H groups in total. The fraction of sp³-hybridized carbons (Fsp3) is 0.435. The van der Waals surface area contributed by atoms with Crippen LogP contribution in [0.1, 0.15) is 11.1 Å². The monoisotopic (exact) mass is 396 g/mol. The molecular weight excluding hydrogens is 368 g/mol. The molecule has 29 heavy (non-hydrogen) atoms. The average Bonchev–Trinajstić information content (AvgIpc) is 2.78. The summed E-state index contributed by atoms with van der Waals surface area (Å²) < 4.78 is 16.8. The molecule has 154 valence electrons. The number of ether oxygens (including phenoxy) is 3. The van der Waals surface area contributed by atoms with E-state index in [1.165, 1.54) is 5.56 Å². The lowest BCUT2D eigenvalue weighted by Gasteiger charge is -2.45. The van der Waals surface area contributed by atoms with Gasteiger partial charge in [-0.25, -0.2) is 4.79 Å². The summed E-state index contributed by atoms with van der Waals surface area (Å²) in [6.45, 7) is 4.05. The van der Waals surface area contributed by atoms with Gasteiger partial charge in [0, 0.05) is 26.2 Å². The van der Waals surface area contributed by atoms with Crippen LogP contribution in [0.2, 0.25) is 0 Å². The molecule has 4 rings (SSSR count). The summed E-state index contributed by atoms with van der Waals surface area (Å²) in [6.07, 6.45) is 0.820. The molecule has 2 heterocycles. The molecule has 2 saturated heterocycles. The van der Waals surface area contributed by atoms with E-state index in [-0.39, 0.29) is 18.2 Å². The number of rotatable bonds is 5. The number of carbonyl (C=O) groups is 1. The number of amides is 1. The Bertz CT molecular complexity index is 796. The summed E-state index contributed by atoms with van der Waals surface area (Å²) in [5.74, 6) is 0.869. The van der Waals surface area contributed by atoms with Crippen LogP contribution >= 0.6 is 0 Å². The van der Waals surface area contributed by atoms with Crippen molar-refractivity contribution in [3.05, 3.63) is 65.7 Å². The quantitative estimate of drug-likeness (QED) is 0.778. The lowest BCUT2D eigenvalue weighted by Crippen LogP contribution is -2.61. The Morgan fingerprint density at radius 1 is 1.03 bits per heavy atom. The number of benzene rings is 2. The molecule has 0 aliphatic carbocycles. The zero-order chi connectivity index (χ0) is 20.1. The third kappa shape index (κ3) is 5.08. The van der Waals surface area contributed by atoms with Crippen molar-refractivity contribution in [2.24, 2.45) is 0 Å². The Hall–Kier alpha value is -2.57. The molecule has 0 saturated carbocycles. The minimum Gasteiger partial charge on any atom is -0.497 e. The molecule has 6 nitrogen and oxygen atoms in total. The predicted octanol–water partition coefficient (Wildman–Crippen LogP) is 2.96. The van der Waals surface area contributed by atoms with E-state index in [1.807, 2.05) is 42.5 Å². The van der Waals surface area contributed by atoms with Gasteiger partial charge in [-0.3, -0.25) is 4.90 Å². The maximum Gasteiger partial charge on any atom is 0.410 e. The molecule has 0 aromatic heterocycles. The minimum absolute atomic E-state index is 0.177. The van der Waals surface area contributed by atoms with Gasteiger partial charge in [-0.15, -0.1) is 0 Å². The average molecular weight is 396 g/mol. The molecule has 2 aromatic rings. The summed E-state index contributed by atoms with van der Waals surface area (Å²) in [5, 5.41) is 0.